The van der Waals surface area contributed by atoms with Crippen molar-refractivity contribution in [3.8, 4) is 0 Å². The number of hydrogen-bond acceptors (Lipinski definition) is 4. The van der Waals surface area contributed by atoms with Gasteiger partial charge in [-0.15, -0.1) is 0 Å². The monoisotopic (exact) mass is 336 g/mol. The molecule has 0 radical (unpaired) electrons. The van der Waals surface area contributed by atoms with E-state index in [0.29, 0.717) is 12.5 Å². The molecule has 3 rings (SSSR count). The van der Waals surface area contributed by atoms with Crippen LogP contribution in [0.1, 0.15) is 26.2 Å². The predicted molar refractivity (Wildman–Crippen MR) is 93.6 cm³/mol. The molecule has 1 aromatic carbocycles. The molecule has 2 heterocycles. The number of piperazine rings is 1. The molecular weight excluding hydrogens is 312 g/mol. The fourth-order valence-electron chi connectivity index (χ4n) is 3.38. The molecule has 23 heavy (non-hydrogen) atoms. The number of anilines is 1. The number of nitrogens with one attached hydrogen (secondary N) is 2. The summed E-state index contributed by atoms with van der Waals surface area (Å²) in [5.74, 6) is 0.160. The average Bonchev–Trinajstić information content (AvgIpc) is 2.55. The minimum absolute atomic E-state index is 0.0276. The lowest BCUT2D eigenvalue weighted by molar-refractivity contribution is -0.127. The van der Waals surface area contributed by atoms with Gasteiger partial charge in [0.15, 0.2) is 0 Å². The second kappa shape index (κ2) is 7.51. The SMILES string of the molecule is CCCC1CC(=O)NC(N2CCN(c3ccc(Cl)cc3)CC2)N1. The van der Waals surface area contributed by atoms with E-state index in [1.165, 1.54) is 5.69 Å². The third kappa shape index (κ3) is 4.16. The fraction of sp³-hybridized carbons (Fsp3) is 0.588. The predicted octanol–water partition coefficient (Wildman–Crippen LogP) is 2.02. The van der Waals surface area contributed by atoms with Crippen molar-refractivity contribution >= 4 is 23.2 Å². The topological polar surface area (TPSA) is 47.6 Å². The Labute approximate surface area is 143 Å². The Morgan fingerprint density at radius 3 is 2.52 bits per heavy atom. The highest BCUT2D eigenvalue weighted by Gasteiger charge is 2.31. The number of hydrogen-bond donors (Lipinski definition) is 2. The number of carbonyl (C=O) groups is 1. The van der Waals surface area contributed by atoms with E-state index < -0.39 is 0 Å². The zero-order chi connectivity index (χ0) is 16.2. The van der Waals surface area contributed by atoms with Crippen LogP contribution in [0.4, 0.5) is 5.69 Å². The molecular formula is C17H25ClN4O. The first-order chi connectivity index (χ1) is 11.2. The van der Waals surface area contributed by atoms with Gasteiger partial charge in [-0.3, -0.25) is 15.0 Å². The molecule has 2 unspecified atom stereocenters. The Bertz CT molecular complexity index is 528. The molecule has 2 atom stereocenters. The molecule has 1 amide bonds. The summed E-state index contributed by atoms with van der Waals surface area (Å²) >= 11 is 5.95. The van der Waals surface area contributed by atoms with Crippen molar-refractivity contribution in [2.45, 2.75) is 38.5 Å². The minimum Gasteiger partial charge on any atom is -0.369 e. The number of amides is 1. The third-order valence-corrected chi connectivity index (χ3v) is 4.88. The van der Waals surface area contributed by atoms with Crippen molar-refractivity contribution in [2.24, 2.45) is 0 Å². The normalized spacial score (nSPS) is 26.2. The van der Waals surface area contributed by atoms with Gasteiger partial charge in [0.05, 0.1) is 0 Å². The van der Waals surface area contributed by atoms with Gasteiger partial charge in [0, 0.05) is 49.4 Å². The van der Waals surface area contributed by atoms with Gasteiger partial charge in [-0.1, -0.05) is 24.9 Å². The molecule has 0 bridgehead atoms. The van der Waals surface area contributed by atoms with Gasteiger partial charge >= 0.3 is 0 Å². The first-order valence-electron chi connectivity index (χ1n) is 8.45. The van der Waals surface area contributed by atoms with Crippen LogP contribution in [0, 0.1) is 0 Å². The quantitative estimate of drug-likeness (QED) is 0.883. The molecule has 2 fully saturated rings. The lowest BCUT2D eigenvalue weighted by atomic mass is 10.1. The second-order valence-electron chi connectivity index (χ2n) is 6.33. The van der Waals surface area contributed by atoms with E-state index in [-0.39, 0.29) is 12.2 Å². The average molecular weight is 337 g/mol. The fourth-order valence-corrected chi connectivity index (χ4v) is 3.51. The van der Waals surface area contributed by atoms with Gasteiger partial charge in [0.1, 0.15) is 6.29 Å². The van der Waals surface area contributed by atoms with Gasteiger partial charge in [-0.2, -0.15) is 0 Å². The molecule has 2 aliphatic heterocycles. The summed E-state index contributed by atoms with van der Waals surface area (Å²) in [6, 6.07) is 8.29. The number of halogens is 1. The van der Waals surface area contributed by atoms with Crippen molar-refractivity contribution < 1.29 is 4.79 Å². The Hall–Kier alpha value is -1.30. The van der Waals surface area contributed by atoms with Crippen molar-refractivity contribution in [3.63, 3.8) is 0 Å². The van der Waals surface area contributed by atoms with Crippen molar-refractivity contribution in [2.75, 3.05) is 31.1 Å². The summed E-state index contributed by atoms with van der Waals surface area (Å²) < 4.78 is 0. The zero-order valence-corrected chi connectivity index (χ0v) is 14.4. The lowest BCUT2D eigenvalue weighted by Crippen LogP contribution is -2.66. The van der Waals surface area contributed by atoms with Gasteiger partial charge < -0.3 is 10.2 Å². The standard InChI is InChI=1S/C17H25ClN4O/c1-2-3-14-12-16(23)20-17(19-14)22-10-8-21(9-11-22)15-6-4-13(18)5-7-15/h4-7,14,17,19H,2-3,8-12H2,1H3,(H,20,23). The summed E-state index contributed by atoms with van der Waals surface area (Å²) in [7, 11) is 0. The molecule has 126 valence electrons. The van der Waals surface area contributed by atoms with Gasteiger partial charge in [-0.05, 0) is 30.7 Å². The van der Waals surface area contributed by atoms with Crippen LogP contribution in [0.5, 0.6) is 0 Å². The maximum Gasteiger partial charge on any atom is 0.223 e. The Morgan fingerprint density at radius 2 is 1.87 bits per heavy atom. The maximum absolute atomic E-state index is 11.9. The van der Waals surface area contributed by atoms with E-state index in [0.717, 1.165) is 44.0 Å². The first kappa shape index (κ1) is 16.6. The number of carbonyl (C=O) groups excluding carboxylic acids is 1. The van der Waals surface area contributed by atoms with Crippen LogP contribution >= 0.6 is 11.6 Å². The summed E-state index contributed by atoms with van der Waals surface area (Å²) in [4.78, 5) is 16.6. The van der Waals surface area contributed by atoms with Crippen LogP contribution in [0.25, 0.3) is 0 Å². The zero-order valence-electron chi connectivity index (χ0n) is 13.6. The van der Waals surface area contributed by atoms with Gasteiger partial charge in [0.25, 0.3) is 0 Å². The highest BCUT2D eigenvalue weighted by atomic mass is 35.5. The van der Waals surface area contributed by atoms with Crippen LogP contribution in [0.15, 0.2) is 24.3 Å². The number of benzene rings is 1. The summed E-state index contributed by atoms with van der Waals surface area (Å²) in [5.41, 5.74) is 1.21. The molecule has 1 aromatic rings. The highest BCUT2D eigenvalue weighted by molar-refractivity contribution is 6.30. The van der Waals surface area contributed by atoms with Gasteiger partial charge in [-0.25, -0.2) is 0 Å². The second-order valence-corrected chi connectivity index (χ2v) is 6.76. The van der Waals surface area contributed by atoms with Crippen LogP contribution < -0.4 is 15.5 Å². The van der Waals surface area contributed by atoms with Crippen LogP contribution in [-0.4, -0.2) is 49.3 Å². The maximum atomic E-state index is 11.9. The number of nitrogens with zero attached hydrogens (tertiary/aromatic N) is 2. The van der Waals surface area contributed by atoms with E-state index in [2.05, 4.69) is 39.5 Å². The Morgan fingerprint density at radius 1 is 1.17 bits per heavy atom. The van der Waals surface area contributed by atoms with E-state index >= 15 is 0 Å². The van der Waals surface area contributed by atoms with E-state index in [1.54, 1.807) is 0 Å². The summed E-state index contributed by atoms with van der Waals surface area (Å²) in [5, 5.41) is 7.42. The van der Waals surface area contributed by atoms with Crippen molar-refractivity contribution in [1.29, 1.82) is 0 Å². The number of rotatable bonds is 4. The van der Waals surface area contributed by atoms with Crippen LogP contribution in [0.3, 0.4) is 0 Å². The summed E-state index contributed by atoms with van der Waals surface area (Å²) in [6.45, 7) is 5.93. The van der Waals surface area contributed by atoms with Crippen LogP contribution in [-0.2, 0) is 4.79 Å². The molecule has 2 saturated heterocycles. The Balaban J connectivity index is 1.55. The van der Waals surface area contributed by atoms with E-state index in [9.17, 15) is 4.79 Å². The molecule has 5 nitrogen and oxygen atoms in total. The largest absolute Gasteiger partial charge is 0.369 e. The molecule has 0 spiro atoms. The van der Waals surface area contributed by atoms with Crippen LogP contribution in [0.2, 0.25) is 5.02 Å². The molecule has 2 N–H and O–H groups in total. The van der Waals surface area contributed by atoms with E-state index in [4.69, 9.17) is 11.6 Å². The van der Waals surface area contributed by atoms with E-state index in [1.807, 2.05) is 12.1 Å². The van der Waals surface area contributed by atoms with Gasteiger partial charge in [0.2, 0.25) is 5.91 Å². The molecule has 6 heteroatoms. The minimum atomic E-state index is -0.0276. The lowest BCUT2D eigenvalue weighted by Gasteiger charge is -2.43. The first-order valence-corrected chi connectivity index (χ1v) is 8.83. The van der Waals surface area contributed by atoms with Crippen molar-refractivity contribution in [3.05, 3.63) is 29.3 Å². The summed E-state index contributed by atoms with van der Waals surface area (Å²) in [6.07, 6.45) is 2.71. The Kier molecular flexibility index (Phi) is 5.41. The van der Waals surface area contributed by atoms with Crippen molar-refractivity contribution in [1.82, 2.24) is 15.5 Å². The third-order valence-electron chi connectivity index (χ3n) is 4.63. The molecule has 2 aliphatic rings. The highest BCUT2D eigenvalue weighted by Crippen LogP contribution is 2.20. The smallest absolute Gasteiger partial charge is 0.223 e. The molecule has 0 aliphatic carbocycles. The molecule has 0 saturated carbocycles. The molecule has 0 aromatic heterocycles.